The molecule has 0 aliphatic carbocycles. The Morgan fingerprint density at radius 2 is 1.58 bits per heavy atom. The van der Waals surface area contributed by atoms with Crippen LogP contribution in [0.4, 0.5) is 4.39 Å². The lowest BCUT2D eigenvalue weighted by Gasteiger charge is -2.21. The second-order valence-electron chi connectivity index (χ2n) is 6.43. The third kappa shape index (κ3) is 7.76. The van der Waals surface area contributed by atoms with Gasteiger partial charge in [0.1, 0.15) is 11.6 Å². The molecule has 0 N–H and O–H groups in total. The van der Waals surface area contributed by atoms with Crippen LogP contribution in [0.1, 0.15) is 37.8 Å². The van der Waals surface area contributed by atoms with E-state index < -0.39 is 0 Å². The Kier molecular flexibility index (Phi) is 11.0. The van der Waals surface area contributed by atoms with E-state index in [1.165, 1.54) is 11.6 Å². The minimum atomic E-state index is -0.192. The van der Waals surface area contributed by atoms with Crippen LogP contribution in [0.25, 0.3) is 0 Å². The van der Waals surface area contributed by atoms with Crippen molar-refractivity contribution in [2.75, 3.05) is 26.2 Å². The van der Waals surface area contributed by atoms with Crippen LogP contribution in [0.15, 0.2) is 48.5 Å². The predicted molar refractivity (Wildman–Crippen MR) is 110 cm³/mol. The lowest BCUT2D eigenvalue weighted by atomic mass is 10.1. The first-order chi connectivity index (χ1) is 12.2. The van der Waals surface area contributed by atoms with Gasteiger partial charge in [0.25, 0.3) is 0 Å². The van der Waals surface area contributed by atoms with E-state index in [4.69, 9.17) is 4.74 Å². The summed E-state index contributed by atoms with van der Waals surface area (Å²) in [5.74, 6) is 0.619. The first-order valence-electron chi connectivity index (χ1n) is 9.40. The second-order valence-corrected chi connectivity index (χ2v) is 6.43. The van der Waals surface area contributed by atoms with Crippen molar-refractivity contribution in [2.45, 2.75) is 39.5 Å². The number of ether oxygens (including phenoxy) is 1. The van der Waals surface area contributed by atoms with Crippen LogP contribution in [-0.4, -0.2) is 31.1 Å². The van der Waals surface area contributed by atoms with E-state index in [1.54, 1.807) is 12.1 Å². The quantitative estimate of drug-likeness (QED) is 0.508. The average molecular weight is 380 g/mol. The number of hydrogen-bond donors (Lipinski definition) is 0. The molecule has 0 unspecified atom stereocenters. The Balaban J connectivity index is 0.00000338. The summed E-state index contributed by atoms with van der Waals surface area (Å²) in [6, 6.07) is 15.2. The predicted octanol–water partition coefficient (Wildman–Crippen LogP) is 5.53. The van der Waals surface area contributed by atoms with Gasteiger partial charge in [-0.25, -0.2) is 4.39 Å². The second kappa shape index (κ2) is 12.7. The van der Waals surface area contributed by atoms with Gasteiger partial charge in [-0.3, -0.25) is 0 Å². The van der Waals surface area contributed by atoms with Crippen molar-refractivity contribution in [3.05, 3.63) is 65.5 Å². The van der Waals surface area contributed by atoms with Gasteiger partial charge in [0, 0.05) is 13.0 Å². The molecule has 4 heteroatoms. The number of nitrogens with zero attached hydrogens (tertiary/aromatic N) is 1. The summed E-state index contributed by atoms with van der Waals surface area (Å²) in [5, 5.41) is 0. The van der Waals surface area contributed by atoms with Crippen LogP contribution in [0.5, 0.6) is 5.75 Å². The maximum absolute atomic E-state index is 13.7. The third-order valence-electron chi connectivity index (χ3n) is 4.29. The van der Waals surface area contributed by atoms with Crippen LogP contribution >= 0.6 is 12.4 Å². The highest BCUT2D eigenvalue weighted by Gasteiger charge is 2.09. The van der Waals surface area contributed by atoms with Gasteiger partial charge in [-0.1, -0.05) is 44.2 Å². The van der Waals surface area contributed by atoms with Crippen LogP contribution in [0, 0.1) is 5.82 Å². The fourth-order valence-electron chi connectivity index (χ4n) is 3.05. The lowest BCUT2D eigenvalue weighted by molar-refractivity contribution is 0.274. The Labute approximate surface area is 163 Å². The zero-order valence-corrected chi connectivity index (χ0v) is 16.7. The molecule has 144 valence electrons. The van der Waals surface area contributed by atoms with E-state index in [0.717, 1.165) is 56.6 Å². The molecule has 2 aromatic rings. The molecule has 0 aliphatic heterocycles. The number of hydrogen-bond acceptors (Lipinski definition) is 2. The number of benzene rings is 2. The van der Waals surface area contributed by atoms with Crippen LogP contribution < -0.4 is 4.74 Å². The first-order valence-corrected chi connectivity index (χ1v) is 9.40. The van der Waals surface area contributed by atoms with Crippen LogP contribution in [0.2, 0.25) is 0 Å². The highest BCUT2D eigenvalue weighted by atomic mass is 35.5. The highest BCUT2D eigenvalue weighted by Crippen LogP contribution is 2.21. The fourth-order valence-corrected chi connectivity index (χ4v) is 3.05. The lowest BCUT2D eigenvalue weighted by Crippen LogP contribution is -2.27. The molecule has 0 amide bonds. The van der Waals surface area contributed by atoms with Crippen molar-refractivity contribution < 1.29 is 9.13 Å². The van der Waals surface area contributed by atoms with E-state index >= 15 is 0 Å². The molecular formula is C22H31ClFNO. The largest absolute Gasteiger partial charge is 0.493 e. The van der Waals surface area contributed by atoms with Crippen molar-refractivity contribution in [2.24, 2.45) is 0 Å². The fraction of sp³-hybridized carbons (Fsp3) is 0.455. The van der Waals surface area contributed by atoms with Gasteiger partial charge in [0.2, 0.25) is 0 Å². The summed E-state index contributed by atoms with van der Waals surface area (Å²) in [5.41, 5.74) is 2.22. The first kappa shape index (κ1) is 22.5. The maximum atomic E-state index is 13.7. The zero-order chi connectivity index (χ0) is 17.9. The molecule has 0 atom stereocenters. The maximum Gasteiger partial charge on any atom is 0.123 e. The molecule has 0 spiro atoms. The molecule has 2 aromatic carbocycles. The Morgan fingerprint density at radius 3 is 2.23 bits per heavy atom. The summed E-state index contributed by atoms with van der Waals surface area (Å²) in [4.78, 5) is 2.44. The van der Waals surface area contributed by atoms with Gasteiger partial charge < -0.3 is 9.64 Å². The standard InChI is InChI=1S/C22H30FNO.ClH/c1-3-14-24(15-4-2)16-12-20-18-21(23)10-11-22(20)25-17-13-19-8-6-5-7-9-19;/h5-11,18H,3-4,12-17H2,1-2H3;1H. The summed E-state index contributed by atoms with van der Waals surface area (Å²) < 4.78 is 19.6. The van der Waals surface area contributed by atoms with Gasteiger partial charge in [-0.2, -0.15) is 0 Å². The number of halogens is 2. The van der Waals surface area contributed by atoms with Gasteiger partial charge in [0.15, 0.2) is 0 Å². The topological polar surface area (TPSA) is 12.5 Å². The zero-order valence-electron chi connectivity index (χ0n) is 15.9. The molecule has 0 saturated heterocycles. The summed E-state index contributed by atoms with van der Waals surface area (Å²) >= 11 is 0. The molecule has 0 saturated carbocycles. The van der Waals surface area contributed by atoms with Gasteiger partial charge in [-0.15, -0.1) is 12.4 Å². The number of rotatable bonds is 11. The van der Waals surface area contributed by atoms with Crippen molar-refractivity contribution in [3.63, 3.8) is 0 Å². The van der Waals surface area contributed by atoms with E-state index in [0.29, 0.717) is 6.61 Å². The van der Waals surface area contributed by atoms with Crippen molar-refractivity contribution in [1.82, 2.24) is 4.90 Å². The van der Waals surface area contributed by atoms with Gasteiger partial charge in [0.05, 0.1) is 6.61 Å². The van der Waals surface area contributed by atoms with E-state index in [-0.39, 0.29) is 18.2 Å². The Bertz CT molecular complexity index is 615. The monoisotopic (exact) mass is 379 g/mol. The molecule has 0 radical (unpaired) electrons. The van der Waals surface area contributed by atoms with Crippen molar-refractivity contribution in [3.8, 4) is 5.75 Å². The van der Waals surface area contributed by atoms with Crippen molar-refractivity contribution >= 4 is 12.4 Å². The van der Waals surface area contributed by atoms with E-state index in [1.807, 2.05) is 18.2 Å². The highest BCUT2D eigenvalue weighted by molar-refractivity contribution is 5.85. The average Bonchev–Trinajstić information content (AvgIpc) is 2.62. The Morgan fingerprint density at radius 1 is 0.885 bits per heavy atom. The molecular weight excluding hydrogens is 349 g/mol. The van der Waals surface area contributed by atoms with Crippen molar-refractivity contribution in [1.29, 1.82) is 0 Å². The molecule has 0 bridgehead atoms. The Hall–Kier alpha value is -1.58. The van der Waals surface area contributed by atoms with Gasteiger partial charge in [-0.05, 0) is 61.7 Å². The summed E-state index contributed by atoms with van der Waals surface area (Å²) in [7, 11) is 0. The molecule has 0 aliphatic rings. The van der Waals surface area contributed by atoms with Gasteiger partial charge >= 0.3 is 0 Å². The third-order valence-corrected chi connectivity index (χ3v) is 4.29. The smallest absolute Gasteiger partial charge is 0.123 e. The molecule has 26 heavy (non-hydrogen) atoms. The molecule has 0 aromatic heterocycles. The normalized spacial score (nSPS) is 10.6. The molecule has 0 fully saturated rings. The minimum Gasteiger partial charge on any atom is -0.493 e. The van der Waals surface area contributed by atoms with E-state index in [9.17, 15) is 4.39 Å². The summed E-state index contributed by atoms with van der Waals surface area (Å²) in [6.45, 7) is 8.13. The van der Waals surface area contributed by atoms with Crippen LogP contribution in [-0.2, 0) is 12.8 Å². The molecule has 0 heterocycles. The minimum absolute atomic E-state index is 0. The summed E-state index contributed by atoms with van der Waals surface area (Å²) in [6.07, 6.45) is 3.96. The molecule has 2 rings (SSSR count). The molecule has 2 nitrogen and oxygen atoms in total. The van der Waals surface area contributed by atoms with E-state index in [2.05, 4.69) is 30.9 Å². The SMILES string of the molecule is CCCN(CCC)CCc1cc(F)ccc1OCCc1ccccc1.Cl. The van der Waals surface area contributed by atoms with Crippen LogP contribution in [0.3, 0.4) is 0 Å².